The Kier molecular flexibility index (Phi) is 5.73. The minimum atomic E-state index is -0.803. The Morgan fingerprint density at radius 1 is 0.861 bits per heavy atom. The van der Waals surface area contributed by atoms with E-state index < -0.39 is 21.0 Å². The van der Waals surface area contributed by atoms with Gasteiger partial charge in [-0.3, -0.25) is 25.1 Å². The number of hydrogen-bond acceptors (Lipinski definition) is 7. The number of nitro groups is 2. The van der Waals surface area contributed by atoms with Crippen molar-refractivity contribution in [3.63, 3.8) is 0 Å². The maximum absolute atomic E-state index is 11.2. The monoisotopic (exact) mass is 504 g/mol. The standard InChI is InChI=1S/C26H24N4O5S/c1-25(2)17-26(24(36)27(25)19-12-14-22(15-13-19)30(33)34)16-23(18-8-10-21(11-9-18)29(31)32)28(35-26)20-6-4-3-5-7-20/h3-15,23H,16-17H2,1-2H3/t23-,26-/m0/s1. The molecular weight excluding hydrogens is 480 g/mol. The van der Waals surface area contributed by atoms with Gasteiger partial charge in [0.05, 0.1) is 21.6 Å². The molecule has 2 aliphatic rings. The number of nitro benzene ring substituents is 2. The second-order valence-corrected chi connectivity index (χ2v) is 10.1. The lowest BCUT2D eigenvalue weighted by atomic mass is 9.86. The van der Waals surface area contributed by atoms with Gasteiger partial charge in [-0.1, -0.05) is 42.5 Å². The van der Waals surface area contributed by atoms with Crippen molar-refractivity contribution in [1.82, 2.24) is 0 Å². The molecule has 10 heteroatoms. The molecule has 0 aliphatic carbocycles. The van der Waals surface area contributed by atoms with Gasteiger partial charge in [-0.05, 0) is 43.7 Å². The topological polar surface area (TPSA) is 102 Å². The Labute approximate surface area is 213 Å². The Balaban J connectivity index is 1.53. The molecule has 0 bridgehead atoms. The van der Waals surface area contributed by atoms with Crippen LogP contribution >= 0.6 is 12.2 Å². The number of para-hydroxylation sites is 1. The normalized spacial score (nSPS) is 22.8. The van der Waals surface area contributed by atoms with Crippen molar-refractivity contribution in [2.24, 2.45) is 0 Å². The summed E-state index contributed by atoms with van der Waals surface area (Å²) < 4.78 is 0. The molecule has 36 heavy (non-hydrogen) atoms. The highest BCUT2D eigenvalue weighted by Gasteiger charge is 2.60. The van der Waals surface area contributed by atoms with Gasteiger partial charge in [-0.2, -0.15) is 0 Å². The predicted molar refractivity (Wildman–Crippen MR) is 140 cm³/mol. The van der Waals surface area contributed by atoms with E-state index in [9.17, 15) is 20.2 Å². The van der Waals surface area contributed by atoms with Crippen molar-refractivity contribution >= 4 is 40.0 Å². The number of nitrogens with zero attached hydrogens (tertiary/aromatic N) is 4. The molecule has 0 saturated carbocycles. The molecule has 3 aromatic rings. The lowest BCUT2D eigenvalue weighted by molar-refractivity contribution is -0.385. The SMILES string of the molecule is CC1(C)C[C@@]2(C[C@@H](c3ccc([N+](=O)[O-])cc3)N(c3ccccc3)O2)C(=S)N1c1ccc([N+](=O)[O-])cc1. The molecule has 0 aromatic heterocycles. The smallest absolute Gasteiger partial charge is 0.269 e. The van der Waals surface area contributed by atoms with Crippen LogP contribution in [0.4, 0.5) is 22.7 Å². The summed E-state index contributed by atoms with van der Waals surface area (Å²) in [6.45, 7) is 4.15. The summed E-state index contributed by atoms with van der Waals surface area (Å²) in [5.74, 6) is 0. The van der Waals surface area contributed by atoms with Gasteiger partial charge in [0.25, 0.3) is 11.4 Å². The van der Waals surface area contributed by atoms with E-state index in [1.165, 1.54) is 24.3 Å². The van der Waals surface area contributed by atoms with E-state index in [1.54, 1.807) is 24.3 Å². The van der Waals surface area contributed by atoms with E-state index in [4.69, 9.17) is 17.1 Å². The van der Waals surface area contributed by atoms with Crippen molar-refractivity contribution < 1.29 is 14.7 Å². The zero-order valence-corrected chi connectivity index (χ0v) is 20.6. The number of thiocarbonyl (C=S) groups is 1. The number of hydrogen-bond donors (Lipinski definition) is 0. The molecule has 2 aliphatic heterocycles. The predicted octanol–water partition coefficient (Wildman–Crippen LogP) is 6.14. The minimum Gasteiger partial charge on any atom is -0.328 e. The summed E-state index contributed by atoms with van der Waals surface area (Å²) in [7, 11) is 0. The molecule has 3 aromatic carbocycles. The first-order valence-corrected chi connectivity index (χ1v) is 11.9. The van der Waals surface area contributed by atoms with Crippen molar-refractivity contribution in [1.29, 1.82) is 0 Å². The van der Waals surface area contributed by atoms with Gasteiger partial charge in [-0.25, -0.2) is 5.06 Å². The summed E-state index contributed by atoms with van der Waals surface area (Å²) >= 11 is 6.04. The Morgan fingerprint density at radius 3 is 1.97 bits per heavy atom. The van der Waals surface area contributed by atoms with Gasteiger partial charge in [0.1, 0.15) is 4.99 Å². The fourth-order valence-corrected chi connectivity index (χ4v) is 5.86. The summed E-state index contributed by atoms with van der Waals surface area (Å²) in [6.07, 6.45) is 1.15. The largest absolute Gasteiger partial charge is 0.328 e. The van der Waals surface area contributed by atoms with Gasteiger partial charge in [-0.15, -0.1) is 0 Å². The lowest BCUT2D eigenvalue weighted by Crippen LogP contribution is -2.42. The van der Waals surface area contributed by atoms with Gasteiger partial charge in [0.2, 0.25) is 0 Å². The molecule has 5 rings (SSSR count). The van der Waals surface area contributed by atoms with Crippen LogP contribution in [0.3, 0.4) is 0 Å². The fourth-order valence-electron chi connectivity index (χ4n) is 5.32. The van der Waals surface area contributed by atoms with Crippen LogP contribution in [0.25, 0.3) is 0 Å². The summed E-state index contributed by atoms with van der Waals surface area (Å²) in [5, 5.41) is 24.2. The number of hydroxylamine groups is 1. The molecule has 2 saturated heterocycles. The molecule has 2 fully saturated rings. The van der Waals surface area contributed by atoms with Gasteiger partial charge >= 0.3 is 0 Å². The number of benzene rings is 3. The number of anilines is 2. The Bertz CT molecular complexity index is 1330. The first-order valence-electron chi connectivity index (χ1n) is 11.5. The summed E-state index contributed by atoms with van der Waals surface area (Å²) in [6, 6.07) is 22.4. The van der Waals surface area contributed by atoms with Crippen LogP contribution in [0.2, 0.25) is 0 Å². The maximum Gasteiger partial charge on any atom is 0.269 e. The Hall–Kier alpha value is -3.89. The average molecular weight is 505 g/mol. The third-order valence-electron chi connectivity index (χ3n) is 6.81. The van der Waals surface area contributed by atoms with Crippen LogP contribution in [-0.2, 0) is 4.84 Å². The average Bonchev–Trinajstić information content (AvgIpc) is 3.33. The highest BCUT2D eigenvalue weighted by molar-refractivity contribution is 7.80. The summed E-state index contributed by atoms with van der Waals surface area (Å²) in [4.78, 5) is 30.8. The van der Waals surface area contributed by atoms with Crippen LogP contribution in [0.1, 0.15) is 38.3 Å². The van der Waals surface area contributed by atoms with Crippen molar-refractivity contribution in [3.05, 3.63) is 105 Å². The fraction of sp³-hybridized carbons (Fsp3) is 0.269. The highest BCUT2D eigenvalue weighted by Crippen LogP contribution is 2.53. The molecule has 1 spiro atoms. The van der Waals surface area contributed by atoms with Crippen LogP contribution in [0.15, 0.2) is 78.9 Å². The summed E-state index contributed by atoms with van der Waals surface area (Å²) in [5.41, 5.74) is 1.33. The van der Waals surface area contributed by atoms with Crippen molar-refractivity contribution in [2.45, 2.75) is 43.9 Å². The second kappa shape index (κ2) is 8.65. The molecule has 0 radical (unpaired) electrons. The molecule has 9 nitrogen and oxygen atoms in total. The van der Waals surface area contributed by atoms with Crippen molar-refractivity contribution in [2.75, 3.05) is 9.96 Å². The molecule has 0 unspecified atom stereocenters. The van der Waals surface area contributed by atoms with Crippen LogP contribution in [0, 0.1) is 20.2 Å². The zero-order chi connectivity index (χ0) is 25.7. The third-order valence-corrected chi connectivity index (χ3v) is 7.37. The van der Waals surface area contributed by atoms with E-state index in [0.29, 0.717) is 17.8 Å². The second-order valence-electron chi connectivity index (χ2n) is 9.72. The van der Waals surface area contributed by atoms with E-state index in [0.717, 1.165) is 16.9 Å². The first kappa shape index (κ1) is 23.8. The van der Waals surface area contributed by atoms with Crippen LogP contribution in [-0.4, -0.2) is 26.0 Å². The van der Waals surface area contributed by atoms with Gasteiger partial charge in [0, 0.05) is 48.3 Å². The van der Waals surface area contributed by atoms with E-state index >= 15 is 0 Å². The van der Waals surface area contributed by atoms with E-state index in [1.807, 2.05) is 40.3 Å². The molecule has 0 amide bonds. The van der Waals surface area contributed by atoms with Crippen LogP contribution in [0.5, 0.6) is 0 Å². The van der Waals surface area contributed by atoms with Gasteiger partial charge in [0.15, 0.2) is 5.60 Å². The van der Waals surface area contributed by atoms with Crippen molar-refractivity contribution in [3.8, 4) is 0 Å². The highest BCUT2D eigenvalue weighted by atomic mass is 32.1. The maximum atomic E-state index is 11.2. The third kappa shape index (κ3) is 3.98. The van der Waals surface area contributed by atoms with E-state index in [2.05, 4.69) is 13.8 Å². The number of non-ortho nitro benzene ring substituents is 2. The molecule has 2 atom stereocenters. The molecular formula is C26H24N4O5S. The number of rotatable bonds is 5. The van der Waals surface area contributed by atoms with Crippen LogP contribution < -0.4 is 9.96 Å². The molecule has 184 valence electrons. The van der Waals surface area contributed by atoms with E-state index in [-0.39, 0.29) is 17.4 Å². The lowest BCUT2D eigenvalue weighted by Gasteiger charge is -2.32. The quantitative estimate of drug-likeness (QED) is 0.232. The minimum absolute atomic E-state index is 0.0157. The molecule has 0 N–H and O–H groups in total. The first-order chi connectivity index (χ1) is 17.1. The van der Waals surface area contributed by atoms with Gasteiger partial charge < -0.3 is 4.90 Å². The Morgan fingerprint density at radius 2 is 1.42 bits per heavy atom. The molecule has 2 heterocycles. The zero-order valence-electron chi connectivity index (χ0n) is 19.7.